The van der Waals surface area contributed by atoms with Crippen LogP contribution in [0, 0.1) is 17.2 Å². The highest BCUT2D eigenvalue weighted by Gasteiger charge is 2.68. The van der Waals surface area contributed by atoms with Gasteiger partial charge >= 0.3 is 0 Å². The third-order valence-corrected chi connectivity index (χ3v) is 8.50. The van der Waals surface area contributed by atoms with E-state index < -0.39 is 12.1 Å². The number of hydrogen-bond donors (Lipinski definition) is 1. The van der Waals surface area contributed by atoms with Gasteiger partial charge in [-0.1, -0.05) is 0 Å². The lowest BCUT2D eigenvalue weighted by Crippen LogP contribution is -2.78. The number of aliphatic hydroxyl groups is 1. The van der Waals surface area contributed by atoms with Gasteiger partial charge in [0.05, 0.1) is 38.5 Å². The molecule has 5 aliphatic heterocycles. The Balaban J connectivity index is 1.63. The highest BCUT2D eigenvalue weighted by molar-refractivity contribution is 6.25. The van der Waals surface area contributed by atoms with Crippen LogP contribution < -0.4 is 0 Å². The quantitative estimate of drug-likeness (QED) is 0.559. The Morgan fingerprint density at radius 2 is 2.03 bits per heavy atom. The number of allylic oxidation sites excluding steroid dienone is 2. The Morgan fingerprint density at radius 1 is 1.26 bits per heavy atom. The van der Waals surface area contributed by atoms with Crippen molar-refractivity contribution in [1.82, 2.24) is 14.7 Å². The number of ether oxygens (including phenoxy) is 2. The van der Waals surface area contributed by atoms with Crippen LogP contribution >= 0.6 is 0 Å². The maximum atomic E-state index is 13.6. The number of carbonyl (C=O) groups excluding carboxylic acids is 2. The number of nitriles is 1. The van der Waals surface area contributed by atoms with Crippen LogP contribution in [0.1, 0.15) is 13.3 Å². The van der Waals surface area contributed by atoms with Gasteiger partial charge in [-0.3, -0.25) is 24.3 Å². The van der Waals surface area contributed by atoms with Crippen LogP contribution in [0.2, 0.25) is 0 Å². The normalized spacial score (nSPS) is 44.5. The summed E-state index contributed by atoms with van der Waals surface area (Å²) in [6.07, 6.45) is 0.694. The molecule has 4 saturated heterocycles. The summed E-state index contributed by atoms with van der Waals surface area (Å²) in [5, 5.41) is 20.7. The second-order valence-corrected chi connectivity index (χ2v) is 9.42. The lowest BCUT2D eigenvalue weighted by Gasteiger charge is -2.61. The third kappa shape index (κ3) is 2.12. The first-order valence-electron chi connectivity index (χ1n) is 10.9. The predicted molar refractivity (Wildman–Crippen MR) is 106 cm³/mol. The average molecular weight is 426 g/mol. The number of carbonyl (C=O) groups is 2. The molecule has 0 amide bonds. The molecular weight excluding hydrogens is 400 g/mol. The van der Waals surface area contributed by atoms with E-state index in [1.54, 1.807) is 6.92 Å². The third-order valence-electron chi connectivity index (χ3n) is 8.50. The smallest absolute Gasteiger partial charge is 0.226 e. The van der Waals surface area contributed by atoms with Crippen molar-refractivity contribution in [1.29, 1.82) is 5.26 Å². The number of nitrogens with zero attached hydrogens (tertiary/aromatic N) is 4. The lowest BCUT2D eigenvalue weighted by molar-refractivity contribution is -0.145. The van der Waals surface area contributed by atoms with Crippen LogP contribution in [-0.4, -0.2) is 108 Å². The molecule has 1 N–H and O–H groups in total. The van der Waals surface area contributed by atoms with E-state index in [4.69, 9.17) is 9.47 Å². The molecule has 0 spiro atoms. The minimum absolute atomic E-state index is 0.00850. The van der Waals surface area contributed by atoms with Gasteiger partial charge in [0.25, 0.3) is 0 Å². The molecule has 9 heteroatoms. The van der Waals surface area contributed by atoms with Gasteiger partial charge in [0.2, 0.25) is 5.78 Å². The molecule has 164 valence electrons. The van der Waals surface area contributed by atoms with E-state index >= 15 is 0 Å². The molecule has 2 bridgehead atoms. The average Bonchev–Trinajstić information content (AvgIpc) is 3.34. The number of methoxy groups -OCH3 is 1. The summed E-state index contributed by atoms with van der Waals surface area (Å²) >= 11 is 0. The van der Waals surface area contributed by atoms with Gasteiger partial charge in [-0.2, -0.15) is 5.26 Å². The molecule has 5 heterocycles. The molecule has 0 aromatic heterocycles. The summed E-state index contributed by atoms with van der Waals surface area (Å²) in [5.74, 6) is -0.292. The van der Waals surface area contributed by atoms with Gasteiger partial charge in [-0.25, -0.2) is 0 Å². The molecule has 6 rings (SSSR count). The van der Waals surface area contributed by atoms with Crippen molar-refractivity contribution in [3.63, 3.8) is 0 Å². The van der Waals surface area contributed by atoms with E-state index in [0.29, 0.717) is 29.9 Å². The molecule has 0 unspecified atom stereocenters. The Kier molecular flexibility index (Phi) is 4.08. The lowest BCUT2D eigenvalue weighted by atomic mass is 9.69. The van der Waals surface area contributed by atoms with Gasteiger partial charge in [0.1, 0.15) is 12.3 Å². The van der Waals surface area contributed by atoms with Gasteiger partial charge in [-0.05, 0) is 20.4 Å². The minimum atomic E-state index is -0.701. The number of rotatable bonds is 2. The fourth-order valence-corrected chi connectivity index (χ4v) is 7.45. The monoisotopic (exact) mass is 426 g/mol. The number of Topliss-reactive ketones (excluding diaryl/α,β-unsaturated/α-hetero) is 2. The summed E-state index contributed by atoms with van der Waals surface area (Å²) in [7, 11) is 3.44. The second-order valence-electron chi connectivity index (χ2n) is 9.42. The second kappa shape index (κ2) is 6.47. The van der Waals surface area contributed by atoms with E-state index in [0.717, 1.165) is 6.42 Å². The van der Waals surface area contributed by atoms with Crippen LogP contribution in [0.25, 0.3) is 0 Å². The number of aliphatic hydroxyl groups excluding tert-OH is 1. The number of fused-ring (bicyclic) bond motifs is 5. The Bertz CT molecular complexity index is 998. The van der Waals surface area contributed by atoms with Crippen molar-refractivity contribution in [2.45, 2.75) is 55.8 Å². The maximum absolute atomic E-state index is 13.6. The molecule has 0 radical (unpaired) electrons. The number of ketones is 2. The van der Waals surface area contributed by atoms with E-state index in [-0.39, 0.29) is 60.2 Å². The number of piperazine rings is 1. The highest BCUT2D eigenvalue weighted by Crippen LogP contribution is 2.54. The van der Waals surface area contributed by atoms with Crippen molar-refractivity contribution in [2.24, 2.45) is 5.92 Å². The molecule has 6 aliphatic rings. The standard InChI is InChI=1S/C22H26N4O5/c1-9-19(28)15-14(20(29)21(9)30-3)13(8-27)26-12(7-23)11-6-10-16(24(11)2)18(26)17(15)25-4-5-31-22(10)25/h10-13,16-18,22,27H,4-6,8H2,1-3H3/t10-,11-,12-,13-,16+,17+,18+,22+/m1/s1. The molecule has 4 fully saturated rings. The van der Waals surface area contributed by atoms with Crippen LogP contribution in [0.3, 0.4) is 0 Å². The Morgan fingerprint density at radius 3 is 2.71 bits per heavy atom. The zero-order valence-electron chi connectivity index (χ0n) is 17.8. The molecule has 0 aromatic carbocycles. The maximum Gasteiger partial charge on any atom is 0.226 e. The fraction of sp³-hybridized carbons (Fsp3) is 0.682. The summed E-state index contributed by atoms with van der Waals surface area (Å²) < 4.78 is 11.5. The van der Waals surface area contributed by atoms with Crippen molar-refractivity contribution in [3.8, 4) is 6.07 Å². The topological polar surface area (TPSA) is 106 Å². The molecule has 1 aliphatic carbocycles. The van der Waals surface area contributed by atoms with Crippen molar-refractivity contribution in [3.05, 3.63) is 22.5 Å². The van der Waals surface area contributed by atoms with Gasteiger partial charge in [0, 0.05) is 47.3 Å². The largest absolute Gasteiger partial charge is 0.492 e. The molecule has 31 heavy (non-hydrogen) atoms. The zero-order chi connectivity index (χ0) is 21.8. The first kappa shape index (κ1) is 19.6. The van der Waals surface area contributed by atoms with Crippen LogP contribution in [-0.2, 0) is 19.1 Å². The highest BCUT2D eigenvalue weighted by atomic mass is 16.5. The Labute approximate surface area is 180 Å². The van der Waals surface area contributed by atoms with E-state index in [1.165, 1.54) is 7.11 Å². The van der Waals surface area contributed by atoms with E-state index in [2.05, 4.69) is 22.9 Å². The van der Waals surface area contributed by atoms with Crippen LogP contribution in [0.4, 0.5) is 0 Å². The van der Waals surface area contributed by atoms with Gasteiger partial charge in [-0.15, -0.1) is 0 Å². The van der Waals surface area contributed by atoms with Gasteiger partial charge < -0.3 is 14.6 Å². The van der Waals surface area contributed by atoms with E-state index in [1.807, 2.05) is 4.90 Å². The molecule has 0 saturated carbocycles. The number of likely N-dealkylation sites (N-methyl/N-ethyl adjacent to an activating group) is 1. The van der Waals surface area contributed by atoms with Crippen molar-refractivity contribution >= 4 is 11.6 Å². The van der Waals surface area contributed by atoms with Crippen molar-refractivity contribution in [2.75, 3.05) is 33.9 Å². The molecule has 8 atom stereocenters. The number of hydrogen-bond acceptors (Lipinski definition) is 9. The zero-order valence-corrected chi connectivity index (χ0v) is 17.8. The van der Waals surface area contributed by atoms with Crippen LogP contribution in [0.15, 0.2) is 22.5 Å². The predicted octanol–water partition coefficient (Wildman–Crippen LogP) is -0.965. The minimum Gasteiger partial charge on any atom is -0.492 e. The van der Waals surface area contributed by atoms with E-state index in [9.17, 15) is 20.0 Å². The molecule has 0 aromatic rings. The first-order chi connectivity index (χ1) is 15.0. The summed E-state index contributed by atoms with van der Waals surface area (Å²) in [6, 6.07) is 0.854. The van der Waals surface area contributed by atoms with Gasteiger partial charge in [0.15, 0.2) is 11.5 Å². The van der Waals surface area contributed by atoms with Crippen LogP contribution in [0.5, 0.6) is 0 Å². The first-order valence-corrected chi connectivity index (χ1v) is 10.9. The molecular formula is C22H26N4O5. The molecule has 9 nitrogen and oxygen atoms in total. The SMILES string of the molecule is COC1=C(C)C(=O)C2=C(C1=O)[C@@H](CO)N1[C@H]3[C@@H]4[C@@H](C[C@H]([C@H]1C#N)N4C)[C@@H]1OCCN1[C@@H]23. The summed E-state index contributed by atoms with van der Waals surface area (Å²) in [5.41, 5.74) is 1.07. The summed E-state index contributed by atoms with van der Waals surface area (Å²) in [4.78, 5) is 33.7. The Hall–Kier alpha value is -2.09. The number of piperidine rings is 1. The fourth-order valence-electron chi connectivity index (χ4n) is 7.45. The van der Waals surface area contributed by atoms with Crippen molar-refractivity contribution < 1.29 is 24.2 Å². The summed E-state index contributed by atoms with van der Waals surface area (Å²) in [6.45, 7) is 2.56.